The van der Waals surface area contributed by atoms with Crippen molar-refractivity contribution in [2.24, 2.45) is 0 Å². The summed E-state index contributed by atoms with van der Waals surface area (Å²) in [5.74, 6) is -0.883. The minimum Gasteiger partial charge on any atom is -0.351 e. The van der Waals surface area contributed by atoms with Gasteiger partial charge in [-0.3, -0.25) is 4.79 Å². The molecule has 0 aliphatic carbocycles. The van der Waals surface area contributed by atoms with Crippen LogP contribution in [0.5, 0.6) is 0 Å². The van der Waals surface area contributed by atoms with Crippen LogP contribution in [0.4, 0.5) is 0 Å². The van der Waals surface area contributed by atoms with E-state index in [1.807, 2.05) is 20.8 Å². The van der Waals surface area contributed by atoms with Crippen molar-refractivity contribution in [1.82, 2.24) is 0 Å². The molecule has 0 amide bonds. The van der Waals surface area contributed by atoms with E-state index in [9.17, 15) is 4.79 Å². The van der Waals surface area contributed by atoms with E-state index in [1.54, 1.807) is 14.0 Å². The van der Waals surface area contributed by atoms with Crippen molar-refractivity contribution in [1.29, 1.82) is 0 Å². The zero-order chi connectivity index (χ0) is 13.7. The summed E-state index contributed by atoms with van der Waals surface area (Å²) < 4.78 is 5.26. The third-order valence-corrected chi connectivity index (χ3v) is 2.28. The molecular weight excluding hydrogens is 220 g/mol. The summed E-state index contributed by atoms with van der Waals surface area (Å²) in [6.07, 6.45) is 1.03. The average Bonchev–Trinajstić information content (AvgIpc) is 2.22. The molecule has 0 rings (SSSR count). The lowest BCUT2D eigenvalue weighted by atomic mass is 10.0. The molecule has 0 heterocycles. The van der Waals surface area contributed by atoms with E-state index in [1.165, 1.54) is 6.92 Å². The van der Waals surface area contributed by atoms with Gasteiger partial charge in [-0.15, -0.1) is 0 Å². The van der Waals surface area contributed by atoms with Gasteiger partial charge in [-0.25, -0.2) is 9.78 Å². The summed E-state index contributed by atoms with van der Waals surface area (Å²) >= 11 is 0. The van der Waals surface area contributed by atoms with E-state index < -0.39 is 11.4 Å². The summed E-state index contributed by atoms with van der Waals surface area (Å²) in [6.45, 7) is 12.6. The fourth-order valence-corrected chi connectivity index (χ4v) is 0.945. The Labute approximate surface area is 104 Å². The van der Waals surface area contributed by atoms with Gasteiger partial charge in [-0.2, -0.15) is 0 Å². The van der Waals surface area contributed by atoms with E-state index >= 15 is 0 Å². The molecule has 0 spiro atoms. The van der Waals surface area contributed by atoms with Gasteiger partial charge in [-0.05, 0) is 46.6 Å². The van der Waals surface area contributed by atoms with Gasteiger partial charge in [0.1, 0.15) is 0 Å². The van der Waals surface area contributed by atoms with Gasteiger partial charge in [0.2, 0.25) is 0 Å². The molecule has 0 aromatic carbocycles. The van der Waals surface area contributed by atoms with E-state index in [-0.39, 0.29) is 5.78 Å². The molecule has 100 valence electrons. The van der Waals surface area contributed by atoms with E-state index in [0.717, 1.165) is 0 Å². The first-order valence-electron chi connectivity index (χ1n) is 5.70. The van der Waals surface area contributed by atoms with Gasteiger partial charge in [0.25, 0.3) is 0 Å². The molecule has 1 unspecified atom stereocenters. The summed E-state index contributed by atoms with van der Waals surface area (Å²) in [4.78, 5) is 21.6. The van der Waals surface area contributed by atoms with Crippen LogP contribution in [0.1, 0.15) is 47.5 Å². The largest absolute Gasteiger partial charge is 0.351 e. The lowest BCUT2D eigenvalue weighted by Gasteiger charge is -2.30. The summed E-state index contributed by atoms with van der Waals surface area (Å²) in [5, 5.41) is 0. The fraction of sp³-hybridized carbons (Fsp3) is 0.769. The number of Topliss-reactive ketones (excluding diaryl/α,β-unsaturated/α-hetero) is 1. The smallest absolute Gasteiger partial charge is 0.198 e. The SMILES string of the molecule is C=C(CCC(C)(OC)OOC(C)(C)C)C(C)=O. The highest BCUT2D eigenvalue weighted by Crippen LogP contribution is 2.24. The van der Waals surface area contributed by atoms with Gasteiger partial charge in [-0.1, -0.05) is 6.58 Å². The predicted octanol–water partition coefficient (Wildman–Crippen LogP) is 3.02. The molecule has 0 aromatic heterocycles. The Morgan fingerprint density at radius 1 is 1.18 bits per heavy atom. The maximum atomic E-state index is 11.1. The highest BCUT2D eigenvalue weighted by Gasteiger charge is 2.29. The van der Waals surface area contributed by atoms with Crippen molar-refractivity contribution in [3.05, 3.63) is 12.2 Å². The molecular formula is C13H24O4. The van der Waals surface area contributed by atoms with Crippen LogP contribution < -0.4 is 0 Å². The summed E-state index contributed by atoms with van der Waals surface area (Å²) in [5.41, 5.74) is 0.157. The third-order valence-electron chi connectivity index (χ3n) is 2.28. The van der Waals surface area contributed by atoms with E-state index in [2.05, 4.69) is 6.58 Å². The van der Waals surface area contributed by atoms with E-state index in [0.29, 0.717) is 18.4 Å². The zero-order valence-electron chi connectivity index (χ0n) is 11.8. The molecule has 17 heavy (non-hydrogen) atoms. The quantitative estimate of drug-likeness (QED) is 0.299. The van der Waals surface area contributed by atoms with Crippen LogP contribution in [0, 0.1) is 0 Å². The number of rotatable bonds is 7. The monoisotopic (exact) mass is 244 g/mol. The van der Waals surface area contributed by atoms with Gasteiger partial charge >= 0.3 is 0 Å². The second kappa shape index (κ2) is 6.28. The Morgan fingerprint density at radius 2 is 1.71 bits per heavy atom. The van der Waals surface area contributed by atoms with Crippen molar-refractivity contribution in [3.63, 3.8) is 0 Å². The van der Waals surface area contributed by atoms with Crippen LogP contribution in [-0.4, -0.2) is 24.3 Å². The molecule has 0 saturated carbocycles. The third kappa shape index (κ3) is 7.26. The van der Waals surface area contributed by atoms with Crippen molar-refractivity contribution < 1.29 is 19.3 Å². The minimum absolute atomic E-state index is 0.0137. The number of allylic oxidation sites excluding steroid dienone is 1. The second-order valence-electron chi connectivity index (χ2n) is 5.28. The molecule has 0 aliphatic heterocycles. The van der Waals surface area contributed by atoms with Crippen LogP contribution in [0.3, 0.4) is 0 Å². The van der Waals surface area contributed by atoms with Crippen molar-refractivity contribution in [2.75, 3.05) is 7.11 Å². The minimum atomic E-state index is -0.869. The van der Waals surface area contributed by atoms with Crippen LogP contribution in [0.2, 0.25) is 0 Å². The fourth-order valence-electron chi connectivity index (χ4n) is 0.945. The Balaban J connectivity index is 4.28. The second-order valence-corrected chi connectivity index (χ2v) is 5.28. The van der Waals surface area contributed by atoms with Crippen molar-refractivity contribution in [2.45, 2.75) is 58.8 Å². The average molecular weight is 244 g/mol. The number of ether oxygens (including phenoxy) is 1. The summed E-state index contributed by atoms with van der Waals surface area (Å²) in [7, 11) is 1.54. The van der Waals surface area contributed by atoms with Crippen molar-refractivity contribution in [3.8, 4) is 0 Å². The zero-order valence-corrected chi connectivity index (χ0v) is 11.8. The first kappa shape index (κ1) is 16.3. The van der Waals surface area contributed by atoms with Gasteiger partial charge < -0.3 is 4.74 Å². The maximum absolute atomic E-state index is 11.1. The molecule has 0 bridgehead atoms. The Morgan fingerprint density at radius 3 is 2.06 bits per heavy atom. The molecule has 0 N–H and O–H groups in total. The Hall–Kier alpha value is -0.710. The lowest BCUT2D eigenvalue weighted by molar-refractivity contribution is -0.452. The predicted molar refractivity (Wildman–Crippen MR) is 66.4 cm³/mol. The first-order valence-corrected chi connectivity index (χ1v) is 5.70. The number of hydrogen-bond donors (Lipinski definition) is 0. The number of methoxy groups -OCH3 is 1. The van der Waals surface area contributed by atoms with Crippen LogP contribution >= 0.6 is 0 Å². The van der Waals surface area contributed by atoms with Gasteiger partial charge in [0.15, 0.2) is 11.6 Å². The maximum Gasteiger partial charge on any atom is 0.198 e. The molecule has 4 heteroatoms. The normalized spacial score (nSPS) is 15.4. The topological polar surface area (TPSA) is 44.8 Å². The standard InChI is InChI=1S/C13H24O4/c1-10(11(2)14)8-9-13(6,15-7)17-16-12(3,4)5/h1,8-9H2,2-7H3. The van der Waals surface area contributed by atoms with E-state index in [4.69, 9.17) is 14.5 Å². The molecule has 1 atom stereocenters. The molecule has 0 radical (unpaired) electrons. The molecule has 0 saturated heterocycles. The number of hydrogen-bond acceptors (Lipinski definition) is 4. The van der Waals surface area contributed by atoms with Crippen LogP contribution in [0.25, 0.3) is 0 Å². The molecule has 0 fully saturated rings. The molecule has 0 aromatic rings. The Bertz CT molecular complexity index is 278. The van der Waals surface area contributed by atoms with Gasteiger partial charge in [0.05, 0.1) is 5.60 Å². The number of ketones is 1. The number of carbonyl (C=O) groups excluding carboxylic acids is 1. The number of carbonyl (C=O) groups is 1. The van der Waals surface area contributed by atoms with Crippen LogP contribution in [-0.2, 0) is 19.3 Å². The lowest BCUT2D eigenvalue weighted by Crippen LogP contribution is -2.35. The highest BCUT2D eigenvalue weighted by molar-refractivity contribution is 5.92. The van der Waals surface area contributed by atoms with Gasteiger partial charge in [0, 0.05) is 13.5 Å². The van der Waals surface area contributed by atoms with Crippen molar-refractivity contribution >= 4 is 5.78 Å². The first-order chi connectivity index (χ1) is 7.59. The molecule has 4 nitrogen and oxygen atoms in total. The highest BCUT2D eigenvalue weighted by atomic mass is 17.2. The van der Waals surface area contributed by atoms with Crippen LogP contribution in [0.15, 0.2) is 12.2 Å². The Kier molecular flexibility index (Phi) is 6.02. The summed E-state index contributed by atoms with van der Waals surface area (Å²) in [6, 6.07) is 0. The molecule has 0 aliphatic rings.